The van der Waals surface area contributed by atoms with Crippen molar-refractivity contribution in [3.63, 3.8) is 0 Å². The summed E-state index contributed by atoms with van der Waals surface area (Å²) in [4.78, 5) is 39.3. The lowest BCUT2D eigenvalue weighted by Crippen LogP contribution is -2.32. The third-order valence-corrected chi connectivity index (χ3v) is 7.78. The molecule has 5 aromatic rings. The van der Waals surface area contributed by atoms with Crippen LogP contribution in [0.4, 0.5) is 0 Å². The molecule has 1 aromatic heterocycles. The molecular weight excluding hydrogens is 605 g/mol. The highest BCUT2D eigenvalue weighted by atomic mass is 35.5. The highest BCUT2D eigenvalue weighted by Crippen LogP contribution is 2.44. The van der Waals surface area contributed by atoms with Gasteiger partial charge in [-0.3, -0.25) is 4.79 Å². The Morgan fingerprint density at radius 3 is 2.23 bits per heavy atom. The first-order valence-electron chi connectivity index (χ1n) is 13.7. The highest BCUT2D eigenvalue weighted by molar-refractivity contribution is 6.33. The molecule has 8 nitrogen and oxygen atoms in total. The maximum Gasteiger partial charge on any atom is 0.343 e. The van der Waals surface area contributed by atoms with Crippen molar-refractivity contribution in [1.82, 2.24) is 5.32 Å². The van der Waals surface area contributed by atoms with Crippen LogP contribution in [0.5, 0.6) is 11.5 Å². The van der Waals surface area contributed by atoms with Gasteiger partial charge in [-0.05, 0) is 49.4 Å². The average molecular weight is 632 g/mol. The Morgan fingerprint density at radius 1 is 0.909 bits per heavy atom. The van der Waals surface area contributed by atoms with Crippen LogP contribution in [-0.2, 0) is 4.74 Å². The highest BCUT2D eigenvalue weighted by Gasteiger charge is 2.36. The van der Waals surface area contributed by atoms with Gasteiger partial charge in [-0.1, -0.05) is 60.1 Å². The molecule has 2 N–H and O–H groups in total. The molecule has 4 aromatic carbocycles. The summed E-state index contributed by atoms with van der Waals surface area (Å²) < 4.78 is 17.9. The molecular formula is C34H27Cl2NO7. The van der Waals surface area contributed by atoms with Gasteiger partial charge in [0.1, 0.15) is 34.8 Å². The van der Waals surface area contributed by atoms with E-state index in [1.807, 2.05) is 6.07 Å². The number of ether oxygens (including phenoxy) is 2. The van der Waals surface area contributed by atoms with Crippen molar-refractivity contribution in [3.8, 4) is 22.8 Å². The van der Waals surface area contributed by atoms with Gasteiger partial charge in [0, 0.05) is 35.2 Å². The Balaban J connectivity index is 0.00000384. The van der Waals surface area contributed by atoms with Gasteiger partial charge >= 0.3 is 11.9 Å². The number of halogens is 2. The number of benzene rings is 4. The van der Waals surface area contributed by atoms with Crippen LogP contribution in [0.25, 0.3) is 22.3 Å². The first kappa shape index (κ1) is 30.8. The second kappa shape index (κ2) is 13.3. The molecule has 1 aliphatic rings. The molecule has 0 aliphatic carbocycles. The van der Waals surface area contributed by atoms with Crippen molar-refractivity contribution >= 4 is 46.9 Å². The summed E-state index contributed by atoms with van der Waals surface area (Å²) in [6, 6.07) is 26.1. The number of phenols is 1. The number of nitrogens with one attached hydrogen (secondary N) is 1. The van der Waals surface area contributed by atoms with Crippen molar-refractivity contribution in [2.45, 2.75) is 18.4 Å². The van der Waals surface area contributed by atoms with Crippen molar-refractivity contribution in [2.24, 2.45) is 0 Å². The molecule has 0 bridgehead atoms. The van der Waals surface area contributed by atoms with Crippen LogP contribution in [-0.4, -0.2) is 36.2 Å². The third-order valence-electron chi connectivity index (χ3n) is 7.46. The van der Waals surface area contributed by atoms with E-state index in [9.17, 15) is 19.5 Å². The van der Waals surface area contributed by atoms with Crippen LogP contribution >= 0.6 is 24.0 Å². The molecule has 1 fully saturated rings. The van der Waals surface area contributed by atoms with E-state index in [0.717, 1.165) is 0 Å². The second-order valence-corrected chi connectivity index (χ2v) is 10.5. The molecule has 0 amide bonds. The van der Waals surface area contributed by atoms with Gasteiger partial charge in [0.2, 0.25) is 0 Å². The molecule has 2 heterocycles. The molecule has 0 unspecified atom stereocenters. The van der Waals surface area contributed by atoms with E-state index in [-0.39, 0.29) is 41.5 Å². The summed E-state index contributed by atoms with van der Waals surface area (Å²) in [7, 11) is 0. The van der Waals surface area contributed by atoms with Crippen LogP contribution < -0.4 is 15.5 Å². The molecule has 44 heavy (non-hydrogen) atoms. The third kappa shape index (κ3) is 6.19. The summed E-state index contributed by atoms with van der Waals surface area (Å²) in [5, 5.41) is 14.7. The SMILES string of the molecule is Cl.O=C(OC[C@H]1NCC[C@@H]1c1c(OC(=O)c2ccccc2)cc(O)c2c(=O)cc(-c3ccccc3Cl)oc12)c1ccccc1. The zero-order valence-corrected chi connectivity index (χ0v) is 24.8. The first-order chi connectivity index (χ1) is 20.9. The fourth-order valence-corrected chi connectivity index (χ4v) is 5.61. The number of esters is 2. The molecule has 1 saturated heterocycles. The van der Waals surface area contributed by atoms with Gasteiger partial charge in [-0.25, -0.2) is 9.59 Å². The fraction of sp³-hybridized carbons (Fsp3) is 0.147. The lowest BCUT2D eigenvalue weighted by molar-refractivity contribution is 0.0466. The van der Waals surface area contributed by atoms with Crippen molar-refractivity contribution in [3.05, 3.63) is 129 Å². The van der Waals surface area contributed by atoms with E-state index in [2.05, 4.69) is 5.32 Å². The van der Waals surface area contributed by atoms with E-state index in [1.54, 1.807) is 78.9 Å². The van der Waals surface area contributed by atoms with Crippen LogP contribution in [0.1, 0.15) is 38.6 Å². The van der Waals surface area contributed by atoms with Crippen LogP contribution in [0.2, 0.25) is 5.02 Å². The number of fused-ring (bicyclic) bond motifs is 1. The zero-order chi connectivity index (χ0) is 29.9. The standard InChI is InChI=1S/C34H26ClNO7.ClH/c35-24-14-8-7-13-22(24)28-17-26(37)31-27(38)18-29(43-34(40)21-11-5-2-6-12-21)30(32(31)42-28)23-15-16-36-25(23)19-41-33(39)20-9-3-1-4-10-20;/h1-14,17-18,23,25,36,38H,15-16,19H2;1H/t23-,25+;/m0./s1. The fourth-order valence-electron chi connectivity index (χ4n) is 5.39. The van der Waals surface area contributed by atoms with Crippen molar-refractivity contribution in [1.29, 1.82) is 0 Å². The Kier molecular flexibility index (Phi) is 9.35. The van der Waals surface area contributed by atoms with E-state index >= 15 is 0 Å². The summed E-state index contributed by atoms with van der Waals surface area (Å²) in [6.45, 7) is 0.558. The van der Waals surface area contributed by atoms with E-state index in [1.165, 1.54) is 12.1 Å². The minimum Gasteiger partial charge on any atom is -0.507 e. The zero-order valence-electron chi connectivity index (χ0n) is 23.2. The number of rotatable bonds is 7. The molecule has 10 heteroatoms. The van der Waals surface area contributed by atoms with Gasteiger partial charge in [0.15, 0.2) is 5.43 Å². The predicted molar refractivity (Wildman–Crippen MR) is 169 cm³/mol. The molecule has 2 atom stereocenters. The average Bonchev–Trinajstić information content (AvgIpc) is 3.48. The minimum absolute atomic E-state index is 0. The predicted octanol–water partition coefficient (Wildman–Crippen LogP) is 6.76. The number of carbonyl (C=O) groups is 2. The smallest absolute Gasteiger partial charge is 0.343 e. The largest absolute Gasteiger partial charge is 0.507 e. The number of hydrogen-bond acceptors (Lipinski definition) is 8. The topological polar surface area (TPSA) is 115 Å². The Morgan fingerprint density at radius 2 is 1.55 bits per heavy atom. The van der Waals surface area contributed by atoms with Crippen LogP contribution in [0.3, 0.4) is 0 Å². The quantitative estimate of drug-likeness (QED) is 0.149. The molecule has 6 rings (SSSR count). The van der Waals surface area contributed by atoms with E-state index in [0.29, 0.717) is 40.2 Å². The maximum atomic E-state index is 13.4. The van der Waals surface area contributed by atoms with Crippen molar-refractivity contribution < 1.29 is 28.6 Å². The van der Waals surface area contributed by atoms with Gasteiger partial charge in [0.05, 0.1) is 16.1 Å². The first-order valence-corrected chi connectivity index (χ1v) is 14.1. The summed E-state index contributed by atoms with van der Waals surface area (Å²) in [6.07, 6.45) is 0.545. The summed E-state index contributed by atoms with van der Waals surface area (Å²) in [5.74, 6) is -1.73. The van der Waals surface area contributed by atoms with Crippen LogP contribution in [0, 0.1) is 0 Å². The minimum atomic E-state index is -0.650. The number of hydrogen-bond donors (Lipinski definition) is 2. The van der Waals surface area contributed by atoms with Gasteiger partial charge < -0.3 is 24.3 Å². The lowest BCUT2D eigenvalue weighted by Gasteiger charge is -2.23. The normalized spacial score (nSPS) is 15.8. The second-order valence-electron chi connectivity index (χ2n) is 10.1. The molecule has 1 aliphatic heterocycles. The number of aromatic hydroxyl groups is 1. The van der Waals surface area contributed by atoms with Crippen LogP contribution in [0.15, 0.2) is 106 Å². The van der Waals surface area contributed by atoms with Gasteiger partial charge in [0.25, 0.3) is 0 Å². The van der Waals surface area contributed by atoms with E-state index < -0.39 is 35.1 Å². The van der Waals surface area contributed by atoms with E-state index in [4.69, 9.17) is 25.5 Å². The summed E-state index contributed by atoms with van der Waals surface area (Å²) >= 11 is 6.43. The number of carbonyl (C=O) groups excluding carboxylic acids is 2. The summed E-state index contributed by atoms with van der Waals surface area (Å²) in [5.41, 5.74) is 1.17. The molecule has 0 spiro atoms. The Bertz CT molecular complexity index is 1880. The molecule has 0 radical (unpaired) electrons. The molecule has 0 saturated carbocycles. The van der Waals surface area contributed by atoms with Gasteiger partial charge in [-0.15, -0.1) is 12.4 Å². The lowest BCUT2D eigenvalue weighted by atomic mass is 9.89. The monoisotopic (exact) mass is 631 g/mol. The molecule has 224 valence electrons. The maximum absolute atomic E-state index is 13.4. The Labute approximate surface area is 263 Å². The van der Waals surface area contributed by atoms with Gasteiger partial charge in [-0.2, -0.15) is 0 Å². The Hall–Kier alpha value is -4.63. The van der Waals surface area contributed by atoms with Crippen molar-refractivity contribution in [2.75, 3.05) is 13.2 Å². The number of phenolic OH excluding ortho intramolecular Hbond substituents is 1.